The van der Waals surface area contributed by atoms with Gasteiger partial charge in [0.05, 0.1) is 29.5 Å². The van der Waals surface area contributed by atoms with Gasteiger partial charge in [-0.2, -0.15) is 0 Å². The van der Waals surface area contributed by atoms with Gasteiger partial charge in [-0.3, -0.25) is 0 Å². The lowest BCUT2D eigenvalue weighted by Gasteiger charge is -2.62. The van der Waals surface area contributed by atoms with Crippen molar-refractivity contribution in [3.05, 3.63) is 12.7 Å². The molecule has 6 atom stereocenters. The van der Waals surface area contributed by atoms with E-state index in [2.05, 4.69) is 6.58 Å². The van der Waals surface area contributed by atoms with Gasteiger partial charge in [0.1, 0.15) is 0 Å². The third-order valence-corrected chi connectivity index (χ3v) is 5.02. The Morgan fingerprint density at radius 1 is 1.35 bits per heavy atom. The Bertz CT molecular complexity index is 384. The van der Waals surface area contributed by atoms with Crippen molar-refractivity contribution in [2.75, 3.05) is 0 Å². The van der Waals surface area contributed by atoms with E-state index in [4.69, 9.17) is 4.74 Å². The molecule has 3 N–H and O–H groups in total. The molecule has 0 aromatic rings. The minimum Gasteiger partial charge on any atom is -0.393 e. The van der Waals surface area contributed by atoms with Crippen LogP contribution in [-0.4, -0.2) is 44.8 Å². The standard InChI is InChI=1S/C16H28O4/c1-6-7-16(19)10-8-12(20-14(2,3)4)15(5,13(16)18)9-11(10)17/h6,10-13,17-19H,1,7-9H2,2-5H3/t10?,11?,12-,13?,15?,16?/m0/s1. The minimum absolute atomic E-state index is 0.156. The largest absolute Gasteiger partial charge is 0.393 e. The van der Waals surface area contributed by atoms with Gasteiger partial charge in [0.15, 0.2) is 0 Å². The topological polar surface area (TPSA) is 69.9 Å². The first-order valence-corrected chi connectivity index (χ1v) is 7.42. The number of fused-ring (bicyclic) bond motifs is 3. The predicted octanol–water partition coefficient (Wildman–Crippen LogP) is 1.63. The molecule has 3 saturated carbocycles. The molecule has 3 fully saturated rings. The van der Waals surface area contributed by atoms with Crippen molar-refractivity contribution in [2.24, 2.45) is 11.3 Å². The van der Waals surface area contributed by atoms with E-state index >= 15 is 0 Å². The summed E-state index contributed by atoms with van der Waals surface area (Å²) in [5.74, 6) is -0.371. The Morgan fingerprint density at radius 3 is 2.45 bits per heavy atom. The van der Waals surface area contributed by atoms with Crippen molar-refractivity contribution in [3.63, 3.8) is 0 Å². The maximum atomic E-state index is 10.8. The van der Waals surface area contributed by atoms with Crippen molar-refractivity contribution in [1.82, 2.24) is 0 Å². The number of rotatable bonds is 3. The van der Waals surface area contributed by atoms with E-state index in [0.717, 1.165) is 0 Å². The van der Waals surface area contributed by atoms with Crippen molar-refractivity contribution >= 4 is 0 Å². The monoisotopic (exact) mass is 284 g/mol. The molecule has 0 heterocycles. The number of aliphatic hydroxyl groups is 3. The molecular formula is C16H28O4. The van der Waals surface area contributed by atoms with Crippen molar-refractivity contribution < 1.29 is 20.1 Å². The molecule has 0 radical (unpaired) electrons. The van der Waals surface area contributed by atoms with Crippen LogP contribution < -0.4 is 0 Å². The van der Waals surface area contributed by atoms with Gasteiger partial charge in [-0.05, 0) is 40.0 Å². The van der Waals surface area contributed by atoms with E-state index in [1.807, 2.05) is 27.7 Å². The highest BCUT2D eigenvalue weighted by Gasteiger charge is 2.66. The Balaban J connectivity index is 2.34. The van der Waals surface area contributed by atoms with E-state index in [1.54, 1.807) is 6.08 Å². The fourth-order valence-electron chi connectivity index (χ4n) is 4.08. The zero-order valence-electron chi connectivity index (χ0n) is 13.0. The molecular weight excluding hydrogens is 256 g/mol. The quantitative estimate of drug-likeness (QED) is 0.689. The molecule has 20 heavy (non-hydrogen) atoms. The number of hydrogen-bond acceptors (Lipinski definition) is 4. The van der Waals surface area contributed by atoms with E-state index < -0.39 is 23.2 Å². The zero-order valence-corrected chi connectivity index (χ0v) is 13.0. The summed E-state index contributed by atoms with van der Waals surface area (Å²) in [6, 6.07) is 0. The summed E-state index contributed by atoms with van der Waals surface area (Å²) < 4.78 is 6.10. The molecule has 3 aliphatic carbocycles. The van der Waals surface area contributed by atoms with Gasteiger partial charge >= 0.3 is 0 Å². The average molecular weight is 284 g/mol. The average Bonchev–Trinajstić information content (AvgIpc) is 2.28. The van der Waals surface area contributed by atoms with Gasteiger partial charge in [0, 0.05) is 11.3 Å². The highest BCUT2D eigenvalue weighted by molar-refractivity contribution is 5.17. The Morgan fingerprint density at radius 2 is 1.95 bits per heavy atom. The van der Waals surface area contributed by atoms with Crippen LogP contribution in [0, 0.1) is 11.3 Å². The molecule has 4 nitrogen and oxygen atoms in total. The van der Waals surface area contributed by atoms with E-state index in [1.165, 1.54) is 0 Å². The lowest BCUT2D eigenvalue weighted by atomic mass is 9.50. The van der Waals surface area contributed by atoms with Crippen LogP contribution in [0.3, 0.4) is 0 Å². The van der Waals surface area contributed by atoms with Gasteiger partial charge in [0.2, 0.25) is 0 Å². The SMILES string of the molecule is C=CCC1(O)C2C[C@H](OC(C)(C)C)C(C)(CC2O)C1O. The highest BCUT2D eigenvalue weighted by Crippen LogP contribution is 2.57. The minimum atomic E-state index is -1.30. The second-order valence-corrected chi connectivity index (χ2v) is 7.72. The van der Waals surface area contributed by atoms with Gasteiger partial charge in [-0.15, -0.1) is 6.58 Å². The second kappa shape index (κ2) is 4.80. The molecule has 0 spiro atoms. The normalized spacial score (nSPS) is 48.4. The van der Waals surface area contributed by atoms with Crippen LogP contribution in [0.15, 0.2) is 12.7 Å². The molecule has 116 valence electrons. The molecule has 4 heteroatoms. The molecule has 2 bridgehead atoms. The first kappa shape index (κ1) is 16.0. The summed E-state index contributed by atoms with van der Waals surface area (Å²) >= 11 is 0. The van der Waals surface area contributed by atoms with Crippen LogP contribution in [0.1, 0.15) is 47.0 Å². The van der Waals surface area contributed by atoms with Gasteiger partial charge < -0.3 is 20.1 Å². The predicted molar refractivity (Wildman–Crippen MR) is 77.2 cm³/mol. The molecule has 0 aromatic heterocycles. The van der Waals surface area contributed by atoms with Crippen molar-refractivity contribution in [3.8, 4) is 0 Å². The van der Waals surface area contributed by atoms with E-state index in [-0.39, 0.29) is 24.0 Å². The van der Waals surface area contributed by atoms with Crippen LogP contribution in [0.25, 0.3) is 0 Å². The van der Waals surface area contributed by atoms with Crippen LogP contribution in [0.5, 0.6) is 0 Å². The molecule has 0 amide bonds. The van der Waals surface area contributed by atoms with E-state index in [0.29, 0.717) is 12.8 Å². The maximum absolute atomic E-state index is 10.8. The number of ether oxygens (including phenoxy) is 1. The van der Waals surface area contributed by atoms with Gasteiger partial charge in [0.25, 0.3) is 0 Å². The molecule has 5 unspecified atom stereocenters. The molecule has 0 aromatic carbocycles. The molecule has 3 aliphatic rings. The highest BCUT2D eigenvalue weighted by atomic mass is 16.5. The summed E-state index contributed by atoms with van der Waals surface area (Å²) in [4.78, 5) is 0. The van der Waals surface area contributed by atoms with Crippen LogP contribution in [-0.2, 0) is 4.74 Å². The lowest BCUT2D eigenvalue weighted by molar-refractivity contribution is -0.300. The van der Waals surface area contributed by atoms with E-state index in [9.17, 15) is 15.3 Å². The Hall–Kier alpha value is -0.420. The smallest absolute Gasteiger partial charge is 0.0999 e. The molecule has 0 aliphatic heterocycles. The van der Waals surface area contributed by atoms with Crippen molar-refractivity contribution in [1.29, 1.82) is 0 Å². The maximum Gasteiger partial charge on any atom is 0.0999 e. The first-order chi connectivity index (χ1) is 9.04. The fraction of sp³-hybridized carbons (Fsp3) is 0.875. The van der Waals surface area contributed by atoms with Crippen LogP contribution >= 0.6 is 0 Å². The summed E-state index contributed by atoms with van der Waals surface area (Å²) in [7, 11) is 0. The number of aliphatic hydroxyl groups excluding tert-OH is 2. The Labute approximate surface area is 121 Å². The fourth-order valence-corrected chi connectivity index (χ4v) is 4.08. The zero-order chi connectivity index (χ0) is 15.3. The third-order valence-electron chi connectivity index (χ3n) is 5.02. The number of hydrogen-bond donors (Lipinski definition) is 3. The second-order valence-electron chi connectivity index (χ2n) is 7.72. The van der Waals surface area contributed by atoms with Crippen molar-refractivity contribution in [2.45, 2.75) is 76.5 Å². The van der Waals surface area contributed by atoms with Crippen LogP contribution in [0.2, 0.25) is 0 Å². The summed E-state index contributed by atoms with van der Waals surface area (Å²) in [6.45, 7) is 11.5. The summed E-state index contributed by atoms with van der Waals surface area (Å²) in [5, 5.41) is 31.8. The van der Waals surface area contributed by atoms with Crippen LogP contribution in [0.4, 0.5) is 0 Å². The Kier molecular flexibility index (Phi) is 3.83. The first-order valence-electron chi connectivity index (χ1n) is 7.42. The van der Waals surface area contributed by atoms with Gasteiger partial charge in [-0.1, -0.05) is 13.0 Å². The lowest BCUT2D eigenvalue weighted by Crippen LogP contribution is -2.72. The molecule has 0 saturated heterocycles. The third kappa shape index (κ3) is 2.33. The summed E-state index contributed by atoms with van der Waals surface area (Å²) in [6.07, 6.45) is 1.24. The summed E-state index contributed by atoms with van der Waals surface area (Å²) in [5.41, 5.74) is -2.25. The van der Waals surface area contributed by atoms with Gasteiger partial charge in [-0.25, -0.2) is 0 Å². The molecule has 3 rings (SSSR count).